The predicted molar refractivity (Wildman–Crippen MR) is 62.9 cm³/mol. The van der Waals surface area contributed by atoms with Crippen molar-refractivity contribution in [3.05, 3.63) is 6.07 Å². The zero-order valence-electron chi connectivity index (χ0n) is 9.36. The molecule has 1 aromatic rings. The highest BCUT2D eigenvalue weighted by molar-refractivity contribution is 5.49. The molecule has 0 saturated carbocycles. The molecule has 0 radical (unpaired) electrons. The average Bonchev–Trinajstić information content (AvgIpc) is 2.15. The highest BCUT2D eigenvalue weighted by Crippen LogP contribution is 2.25. The fourth-order valence-corrected chi connectivity index (χ4v) is 1.81. The lowest BCUT2D eigenvalue weighted by Crippen LogP contribution is -2.40. The molecule has 5 N–H and O–H groups in total. The molecule has 2 heterocycles. The van der Waals surface area contributed by atoms with E-state index in [0.29, 0.717) is 11.6 Å². The lowest BCUT2D eigenvalue weighted by molar-refractivity contribution is 0.0657. The number of anilines is 3. The summed E-state index contributed by atoms with van der Waals surface area (Å²) in [5.74, 6) is 1.25. The summed E-state index contributed by atoms with van der Waals surface area (Å²) in [6, 6.07) is 1.69. The fourth-order valence-electron chi connectivity index (χ4n) is 1.81. The number of nitrogen functional groups attached to an aromatic ring is 2. The lowest BCUT2D eigenvalue weighted by Gasteiger charge is -2.34. The molecule has 16 heavy (non-hydrogen) atoms. The van der Waals surface area contributed by atoms with Crippen molar-refractivity contribution in [2.24, 2.45) is 0 Å². The molecule has 6 heteroatoms. The van der Waals surface area contributed by atoms with Crippen LogP contribution >= 0.6 is 0 Å². The molecule has 0 unspecified atom stereocenters. The number of nitrogens with two attached hydrogens (primary N) is 2. The average molecular weight is 223 g/mol. The largest absolute Gasteiger partial charge is 0.383 e. The van der Waals surface area contributed by atoms with Crippen LogP contribution < -0.4 is 16.8 Å². The van der Waals surface area contributed by atoms with Gasteiger partial charge < -0.3 is 21.5 Å². The van der Waals surface area contributed by atoms with Gasteiger partial charge in [0.15, 0.2) is 0 Å². The first-order valence-corrected chi connectivity index (χ1v) is 5.33. The minimum absolute atomic E-state index is 0.00845. The molecule has 1 fully saturated rings. The van der Waals surface area contributed by atoms with Gasteiger partial charge in [0.25, 0.3) is 0 Å². The quantitative estimate of drug-likeness (QED) is 0.679. The van der Waals surface area contributed by atoms with Gasteiger partial charge in [-0.3, -0.25) is 0 Å². The number of nitrogens with zero attached hydrogens (tertiary/aromatic N) is 2. The number of ether oxygens (including phenoxy) is 1. The maximum atomic E-state index is 5.61. The molecule has 0 aromatic carbocycles. The van der Waals surface area contributed by atoms with Gasteiger partial charge in [-0.05, 0) is 19.8 Å². The molecular weight excluding hydrogens is 206 g/mol. The first-order valence-electron chi connectivity index (χ1n) is 5.33. The number of hydrogen-bond donors (Lipinski definition) is 3. The van der Waals surface area contributed by atoms with Crippen molar-refractivity contribution in [3.63, 3.8) is 0 Å². The zero-order valence-corrected chi connectivity index (χ0v) is 9.36. The van der Waals surface area contributed by atoms with Crippen molar-refractivity contribution in [2.75, 3.05) is 30.0 Å². The van der Waals surface area contributed by atoms with Gasteiger partial charge in [0, 0.05) is 24.8 Å². The van der Waals surface area contributed by atoms with E-state index in [1.165, 1.54) is 0 Å². The molecule has 2 rings (SSSR count). The van der Waals surface area contributed by atoms with Crippen molar-refractivity contribution >= 4 is 17.6 Å². The normalized spacial score (nSPS) is 19.3. The minimum atomic E-state index is -0.00845. The molecule has 1 saturated heterocycles. The van der Waals surface area contributed by atoms with E-state index in [4.69, 9.17) is 16.2 Å². The van der Waals surface area contributed by atoms with E-state index in [2.05, 4.69) is 22.2 Å². The summed E-state index contributed by atoms with van der Waals surface area (Å²) in [6.07, 6.45) is 1.88. The summed E-state index contributed by atoms with van der Waals surface area (Å²) in [5, 5.41) is 3.35. The van der Waals surface area contributed by atoms with Crippen LogP contribution in [0.25, 0.3) is 0 Å². The van der Waals surface area contributed by atoms with Crippen LogP contribution in [0.2, 0.25) is 0 Å². The van der Waals surface area contributed by atoms with Crippen molar-refractivity contribution in [1.29, 1.82) is 0 Å². The standard InChI is InChI=1S/C10H17N5O/c1-10(2-4-16-5-3-10)15-8-6-7(11)13-9(12)14-8/h6H,2-5H2,1H3,(H5,11,12,13,14,15). The van der Waals surface area contributed by atoms with Gasteiger partial charge in [0.1, 0.15) is 11.6 Å². The third-order valence-electron chi connectivity index (χ3n) is 2.79. The lowest BCUT2D eigenvalue weighted by atomic mass is 9.92. The molecule has 0 bridgehead atoms. The molecule has 0 spiro atoms. The Morgan fingerprint density at radius 3 is 2.62 bits per heavy atom. The van der Waals surface area contributed by atoms with E-state index in [1.807, 2.05) is 0 Å². The van der Waals surface area contributed by atoms with Crippen molar-refractivity contribution in [2.45, 2.75) is 25.3 Å². The topological polar surface area (TPSA) is 99.1 Å². The molecule has 1 aliphatic heterocycles. The Labute approximate surface area is 94.4 Å². The molecule has 1 aromatic heterocycles. The Morgan fingerprint density at radius 1 is 1.31 bits per heavy atom. The maximum absolute atomic E-state index is 5.61. The van der Waals surface area contributed by atoms with Crippen LogP contribution in [0, 0.1) is 0 Å². The van der Waals surface area contributed by atoms with Gasteiger partial charge in [-0.2, -0.15) is 9.97 Å². The van der Waals surface area contributed by atoms with Crippen LogP contribution in [0.3, 0.4) is 0 Å². The highest BCUT2D eigenvalue weighted by atomic mass is 16.5. The predicted octanol–water partition coefficient (Wildman–Crippen LogP) is 0.622. The highest BCUT2D eigenvalue weighted by Gasteiger charge is 2.27. The molecule has 0 atom stereocenters. The summed E-state index contributed by atoms with van der Waals surface area (Å²) in [4.78, 5) is 7.94. The van der Waals surface area contributed by atoms with E-state index in [-0.39, 0.29) is 11.5 Å². The number of rotatable bonds is 2. The number of nitrogens with one attached hydrogen (secondary N) is 1. The molecule has 0 aliphatic carbocycles. The van der Waals surface area contributed by atoms with Crippen molar-refractivity contribution in [3.8, 4) is 0 Å². The number of hydrogen-bond acceptors (Lipinski definition) is 6. The van der Waals surface area contributed by atoms with E-state index in [1.54, 1.807) is 6.07 Å². The van der Waals surface area contributed by atoms with E-state index in [9.17, 15) is 0 Å². The van der Waals surface area contributed by atoms with Gasteiger partial charge >= 0.3 is 0 Å². The minimum Gasteiger partial charge on any atom is -0.383 e. The fraction of sp³-hybridized carbons (Fsp3) is 0.600. The van der Waals surface area contributed by atoms with Gasteiger partial charge in [0.2, 0.25) is 5.95 Å². The zero-order chi connectivity index (χ0) is 11.6. The summed E-state index contributed by atoms with van der Waals surface area (Å²) >= 11 is 0. The summed E-state index contributed by atoms with van der Waals surface area (Å²) < 4.78 is 5.33. The second-order valence-electron chi connectivity index (χ2n) is 4.33. The molecule has 6 nitrogen and oxygen atoms in total. The smallest absolute Gasteiger partial charge is 0.223 e. The van der Waals surface area contributed by atoms with Gasteiger partial charge in [0.05, 0.1) is 0 Å². The Bertz CT molecular complexity index is 355. The third kappa shape index (κ3) is 2.52. The van der Waals surface area contributed by atoms with Gasteiger partial charge in [-0.1, -0.05) is 0 Å². The molecule has 1 aliphatic rings. The Kier molecular flexibility index (Phi) is 2.82. The van der Waals surface area contributed by atoms with Crippen LogP contribution in [0.1, 0.15) is 19.8 Å². The van der Waals surface area contributed by atoms with Crippen LogP contribution in [0.15, 0.2) is 6.07 Å². The Morgan fingerprint density at radius 2 is 2.00 bits per heavy atom. The monoisotopic (exact) mass is 223 g/mol. The SMILES string of the molecule is CC1(Nc2cc(N)nc(N)n2)CCOCC1. The van der Waals surface area contributed by atoms with Crippen molar-refractivity contribution < 1.29 is 4.74 Å². The van der Waals surface area contributed by atoms with Gasteiger partial charge in [-0.25, -0.2) is 0 Å². The number of aromatic nitrogens is 2. The maximum Gasteiger partial charge on any atom is 0.223 e. The summed E-state index contributed by atoms with van der Waals surface area (Å²) in [5.41, 5.74) is 11.1. The van der Waals surface area contributed by atoms with Crippen LogP contribution in [-0.4, -0.2) is 28.7 Å². The third-order valence-corrected chi connectivity index (χ3v) is 2.79. The molecule has 0 amide bonds. The summed E-state index contributed by atoms with van der Waals surface area (Å²) in [6.45, 7) is 3.67. The van der Waals surface area contributed by atoms with Crippen LogP contribution in [0.5, 0.6) is 0 Å². The van der Waals surface area contributed by atoms with E-state index in [0.717, 1.165) is 26.1 Å². The van der Waals surface area contributed by atoms with E-state index >= 15 is 0 Å². The summed E-state index contributed by atoms with van der Waals surface area (Å²) in [7, 11) is 0. The Balaban J connectivity index is 2.13. The van der Waals surface area contributed by atoms with Crippen LogP contribution in [0.4, 0.5) is 17.6 Å². The van der Waals surface area contributed by atoms with Gasteiger partial charge in [-0.15, -0.1) is 0 Å². The first-order chi connectivity index (χ1) is 7.57. The second-order valence-corrected chi connectivity index (χ2v) is 4.33. The second kappa shape index (κ2) is 4.13. The molecular formula is C10H17N5O. The van der Waals surface area contributed by atoms with Crippen LogP contribution in [-0.2, 0) is 4.74 Å². The van der Waals surface area contributed by atoms with Crippen molar-refractivity contribution in [1.82, 2.24) is 9.97 Å². The Hall–Kier alpha value is -1.56. The first kappa shape index (κ1) is 10.9. The molecule has 88 valence electrons. The van der Waals surface area contributed by atoms with E-state index < -0.39 is 0 Å².